The molecular formula is C82H66B2N8O2S2. The number of ether oxygens (including phenoxy) is 2. The fourth-order valence-electron chi connectivity index (χ4n) is 14.1. The highest BCUT2D eigenvalue weighted by molar-refractivity contribution is 7.22. The molecule has 2 N–H and O–H groups in total. The molecule has 8 heterocycles. The van der Waals surface area contributed by atoms with Crippen molar-refractivity contribution in [1.82, 2.24) is 19.9 Å². The van der Waals surface area contributed by atoms with Crippen molar-refractivity contribution in [3.05, 3.63) is 277 Å². The van der Waals surface area contributed by atoms with Crippen LogP contribution >= 0.6 is 22.7 Å². The van der Waals surface area contributed by atoms with Gasteiger partial charge in [-0.1, -0.05) is 151 Å². The summed E-state index contributed by atoms with van der Waals surface area (Å²) in [6.07, 6.45) is 3.52. The van der Waals surface area contributed by atoms with Crippen LogP contribution in [0, 0.1) is 0 Å². The molecule has 0 saturated heterocycles. The summed E-state index contributed by atoms with van der Waals surface area (Å²) in [6, 6.07) is 86.0. The van der Waals surface area contributed by atoms with Gasteiger partial charge in [0.2, 0.25) is 11.8 Å². The molecule has 0 unspecified atom stereocenters. The highest BCUT2D eigenvalue weighted by atomic mass is 32.1. The number of nitrogens with zero attached hydrogens (tertiary/aromatic N) is 6. The van der Waals surface area contributed by atoms with E-state index in [0.717, 1.165) is 79.5 Å². The molecule has 14 heteroatoms. The molecule has 10 nitrogen and oxygen atoms in total. The van der Waals surface area contributed by atoms with Crippen LogP contribution in [0.4, 0.5) is 45.5 Å². The highest BCUT2D eigenvalue weighted by Gasteiger charge is 2.45. The van der Waals surface area contributed by atoms with E-state index >= 15 is 0 Å². The summed E-state index contributed by atoms with van der Waals surface area (Å²) in [7, 11) is 0. The van der Waals surface area contributed by atoms with Crippen molar-refractivity contribution in [1.29, 1.82) is 0 Å². The Bertz CT molecular complexity index is 5230. The SMILES string of the molecule is CC(C)(C)c1cc2c3c(c1)N(Cc1ccccc1)c1ccc(-c4nc5ccccc5s4)cc1B3c1cc(Oc3ccccn3)ccc1N2Cc1ccccc1.CC(C)(C)c1cc2c3c(c1)Nc1ccc(-c4nc5ccccc5s4)cc1B3c1cc(Oc3ccccn3)ccc1N2. The number of nitrogens with one attached hydrogen (secondary N) is 2. The highest BCUT2D eigenvalue weighted by Crippen LogP contribution is 2.45. The fourth-order valence-corrected chi connectivity index (χ4v) is 16.0. The standard InChI is InChI=1S/C48H39BN4OS.C34H27BN4OS/c1-48(2,3)35-27-42-46-43(28-35)53(31-33-16-8-5-9-17-33)41-24-22-36(54-45-20-12-13-25-50-45)29-38(41)49(46)37-26-34(47-51-39-18-10-11-19-44(39)55-47)21-23-40(37)52(42)30-32-14-6-4-7-15-32;1-34(2,3)21-17-28-32-29(18-21)38-26-14-12-22(40-31-10-6-7-15-36-31)19-24(26)35(32)23-16-20(11-13-25(23)37-28)33-39-27-8-4-5-9-30(27)41-33/h4-29H,30-31H2,1-3H3;4-19,37-38H,1-3H3. The molecule has 10 aromatic carbocycles. The predicted octanol–water partition coefficient (Wildman–Crippen LogP) is 17.3. The van der Waals surface area contributed by atoms with E-state index in [-0.39, 0.29) is 24.3 Å². The van der Waals surface area contributed by atoms with E-state index in [9.17, 15) is 0 Å². The van der Waals surface area contributed by atoms with Crippen molar-refractivity contribution >= 4 is 135 Å². The Hall–Kier alpha value is -10.8. The molecule has 96 heavy (non-hydrogen) atoms. The first-order valence-electron chi connectivity index (χ1n) is 32.8. The van der Waals surface area contributed by atoms with Crippen LogP contribution in [-0.4, -0.2) is 33.4 Å². The lowest BCUT2D eigenvalue weighted by atomic mass is 9.33. The van der Waals surface area contributed by atoms with Crippen LogP contribution in [0.3, 0.4) is 0 Å². The van der Waals surface area contributed by atoms with Gasteiger partial charge in [-0.2, -0.15) is 0 Å². The molecule has 0 bridgehead atoms. The summed E-state index contributed by atoms with van der Waals surface area (Å²) in [4.78, 5) is 24.0. The van der Waals surface area contributed by atoms with Crippen LogP contribution in [0.5, 0.6) is 23.3 Å². The van der Waals surface area contributed by atoms with E-state index in [2.05, 4.69) is 266 Å². The second kappa shape index (κ2) is 23.6. The topological polar surface area (TPSA) is 101 Å². The Labute approximate surface area is 568 Å². The van der Waals surface area contributed by atoms with E-state index < -0.39 is 0 Å². The summed E-state index contributed by atoms with van der Waals surface area (Å²) in [6.45, 7) is 15.2. The number of aromatic nitrogens is 4. The zero-order valence-electron chi connectivity index (χ0n) is 54.1. The quantitative estimate of drug-likeness (QED) is 0.129. The molecule has 0 atom stereocenters. The van der Waals surface area contributed by atoms with Gasteiger partial charge >= 0.3 is 0 Å². The van der Waals surface area contributed by atoms with Crippen molar-refractivity contribution in [2.45, 2.75) is 65.5 Å². The van der Waals surface area contributed by atoms with Crippen molar-refractivity contribution in [2.75, 3.05) is 20.4 Å². The van der Waals surface area contributed by atoms with Gasteiger partial charge in [-0.05, 0) is 187 Å². The third-order valence-electron chi connectivity index (χ3n) is 18.8. The number of fused-ring (bicyclic) bond motifs is 10. The zero-order chi connectivity index (χ0) is 64.8. The van der Waals surface area contributed by atoms with Gasteiger partial charge in [-0.15, -0.1) is 22.7 Å². The molecule has 0 spiro atoms. The molecule has 14 aromatic rings. The van der Waals surface area contributed by atoms with Crippen molar-refractivity contribution in [2.24, 2.45) is 0 Å². The maximum Gasteiger partial charge on any atom is 0.252 e. The third-order valence-corrected chi connectivity index (χ3v) is 21.0. The first-order valence-corrected chi connectivity index (χ1v) is 34.4. The van der Waals surface area contributed by atoms with Crippen LogP contribution in [0.2, 0.25) is 0 Å². The Morgan fingerprint density at radius 2 is 0.812 bits per heavy atom. The van der Waals surface area contributed by atoms with E-state index in [1.165, 1.54) is 87.2 Å². The molecule has 4 aromatic heterocycles. The largest absolute Gasteiger partial charge is 0.439 e. The zero-order valence-corrected chi connectivity index (χ0v) is 55.8. The van der Waals surface area contributed by atoms with Crippen molar-refractivity contribution in [3.8, 4) is 44.4 Å². The van der Waals surface area contributed by atoms with Crippen LogP contribution in [-0.2, 0) is 23.9 Å². The van der Waals surface area contributed by atoms with Crippen LogP contribution < -0.4 is 62.7 Å². The number of para-hydroxylation sites is 2. The minimum absolute atomic E-state index is 0.0159. The monoisotopic (exact) mass is 1280 g/mol. The van der Waals surface area contributed by atoms with Gasteiger partial charge in [0, 0.05) is 94.2 Å². The van der Waals surface area contributed by atoms with Gasteiger partial charge in [0.15, 0.2) is 0 Å². The van der Waals surface area contributed by atoms with Gasteiger partial charge in [-0.3, -0.25) is 0 Å². The molecule has 464 valence electrons. The van der Waals surface area contributed by atoms with E-state index in [1.807, 2.05) is 48.5 Å². The Kier molecular flexibility index (Phi) is 14.5. The number of rotatable bonds is 10. The number of hydrogen-bond acceptors (Lipinski definition) is 12. The van der Waals surface area contributed by atoms with Gasteiger partial charge in [-0.25, -0.2) is 19.9 Å². The van der Waals surface area contributed by atoms with E-state index in [4.69, 9.17) is 19.4 Å². The Balaban J connectivity index is 0.000000151. The average Bonchev–Trinajstić information content (AvgIpc) is 0.776. The van der Waals surface area contributed by atoms with E-state index in [1.54, 1.807) is 35.1 Å². The number of thiazole rings is 2. The van der Waals surface area contributed by atoms with E-state index in [0.29, 0.717) is 11.8 Å². The molecule has 0 amide bonds. The minimum Gasteiger partial charge on any atom is -0.439 e. The minimum atomic E-state index is -0.0739. The maximum atomic E-state index is 6.46. The third kappa shape index (κ3) is 10.9. The fraction of sp³-hybridized carbons (Fsp3) is 0.122. The summed E-state index contributed by atoms with van der Waals surface area (Å²) < 4.78 is 15.0. The summed E-state index contributed by atoms with van der Waals surface area (Å²) in [5, 5.41) is 9.60. The molecule has 0 radical (unpaired) electrons. The summed E-state index contributed by atoms with van der Waals surface area (Å²) >= 11 is 3.49. The molecule has 4 aliphatic rings. The average molecular weight is 1280 g/mol. The number of pyridine rings is 2. The molecule has 0 fully saturated rings. The lowest BCUT2D eigenvalue weighted by molar-refractivity contribution is 0.463. The lowest BCUT2D eigenvalue weighted by Gasteiger charge is -2.45. The smallest absolute Gasteiger partial charge is 0.252 e. The Morgan fingerprint density at radius 1 is 0.385 bits per heavy atom. The summed E-state index contributed by atoms with van der Waals surface area (Å²) in [5.41, 5.74) is 26.2. The molecule has 0 aliphatic carbocycles. The van der Waals surface area contributed by atoms with Crippen molar-refractivity contribution in [3.63, 3.8) is 0 Å². The first-order chi connectivity index (χ1) is 46.8. The number of hydrogen-bond donors (Lipinski definition) is 2. The second-order valence-electron chi connectivity index (χ2n) is 27.2. The lowest BCUT2D eigenvalue weighted by Crippen LogP contribution is -2.62. The van der Waals surface area contributed by atoms with Crippen molar-refractivity contribution < 1.29 is 9.47 Å². The maximum absolute atomic E-state index is 6.46. The second-order valence-corrected chi connectivity index (χ2v) is 29.3. The molecule has 0 saturated carbocycles. The van der Waals surface area contributed by atoms with Gasteiger partial charge in [0.05, 0.1) is 20.4 Å². The molecule has 18 rings (SSSR count). The normalized spacial score (nSPS) is 13.1. The van der Waals surface area contributed by atoms with Crippen LogP contribution in [0.1, 0.15) is 63.8 Å². The van der Waals surface area contributed by atoms with Gasteiger partial charge in [0.1, 0.15) is 21.5 Å². The van der Waals surface area contributed by atoms with Gasteiger partial charge < -0.3 is 29.9 Å². The molecule has 4 aliphatic heterocycles. The molecular weight excluding hydrogens is 1210 g/mol. The van der Waals surface area contributed by atoms with Crippen LogP contribution in [0.25, 0.3) is 41.6 Å². The van der Waals surface area contributed by atoms with Gasteiger partial charge in [0.25, 0.3) is 13.4 Å². The first kappa shape index (κ1) is 59.0. The predicted molar refractivity (Wildman–Crippen MR) is 402 cm³/mol. The number of benzene rings is 10. The van der Waals surface area contributed by atoms with Crippen LogP contribution in [0.15, 0.2) is 255 Å². The Morgan fingerprint density at radius 3 is 1.33 bits per heavy atom. The summed E-state index contributed by atoms with van der Waals surface area (Å²) in [5.74, 6) is 2.69. The number of anilines is 8.